The van der Waals surface area contributed by atoms with Crippen molar-refractivity contribution in [3.8, 4) is 0 Å². The molecule has 0 saturated heterocycles. The van der Waals surface area contributed by atoms with Crippen molar-refractivity contribution >= 4 is 23.9 Å². The second kappa shape index (κ2) is 12.0. The second-order valence-corrected chi connectivity index (χ2v) is 8.74. The largest absolute Gasteiger partial charge is 0.391 e. The molecule has 5 nitrogen and oxygen atoms in total. The highest BCUT2D eigenvalue weighted by atomic mass is 35.5. The molecule has 33 heavy (non-hydrogen) atoms. The van der Waals surface area contributed by atoms with Crippen LogP contribution in [0.1, 0.15) is 56.2 Å². The van der Waals surface area contributed by atoms with E-state index in [0.29, 0.717) is 18.4 Å². The van der Waals surface area contributed by atoms with Gasteiger partial charge in [0.15, 0.2) is 0 Å². The van der Waals surface area contributed by atoms with Crippen molar-refractivity contribution in [3.05, 3.63) is 34.3 Å². The monoisotopic (exact) mass is 497 g/mol. The lowest BCUT2D eigenvalue weighted by molar-refractivity contribution is -0.184. The number of carbonyl (C=O) groups excluding carboxylic acids is 2. The number of urea groups is 1. The first-order valence-corrected chi connectivity index (χ1v) is 11.2. The van der Waals surface area contributed by atoms with Gasteiger partial charge in [-0.3, -0.25) is 0 Å². The number of benzene rings is 1. The predicted molar refractivity (Wildman–Crippen MR) is 115 cm³/mol. The smallest absolute Gasteiger partial charge is 0.331 e. The molecule has 0 spiro atoms. The number of alkyl halides is 5. The fourth-order valence-electron chi connectivity index (χ4n) is 4.19. The van der Waals surface area contributed by atoms with Gasteiger partial charge in [-0.2, -0.15) is 13.2 Å². The fraction of sp³-hybridized carbons (Fsp3) is 0.636. The summed E-state index contributed by atoms with van der Waals surface area (Å²) < 4.78 is 66.2. The lowest BCUT2D eigenvalue weighted by Gasteiger charge is -2.37. The van der Waals surface area contributed by atoms with Crippen molar-refractivity contribution in [2.24, 2.45) is 11.8 Å². The summed E-state index contributed by atoms with van der Waals surface area (Å²) in [5.41, 5.74) is -0.0727. The Labute approximate surface area is 195 Å². The summed E-state index contributed by atoms with van der Waals surface area (Å²) in [5, 5.41) is 5.55. The summed E-state index contributed by atoms with van der Waals surface area (Å²) >= 11 is 5.88. The number of carbonyl (C=O) groups is 2. The van der Waals surface area contributed by atoms with Gasteiger partial charge in [0.2, 0.25) is 0 Å². The molecular formula is C22H29ClF5N3O2. The molecule has 1 fully saturated rings. The summed E-state index contributed by atoms with van der Waals surface area (Å²) in [4.78, 5) is 25.7. The third kappa shape index (κ3) is 7.27. The summed E-state index contributed by atoms with van der Waals surface area (Å²) in [7, 11) is 1.68. The highest BCUT2D eigenvalue weighted by Gasteiger charge is 2.43. The molecule has 0 heterocycles. The zero-order chi connectivity index (χ0) is 24.8. The second-order valence-electron chi connectivity index (χ2n) is 8.34. The first-order chi connectivity index (χ1) is 15.5. The Kier molecular flexibility index (Phi) is 9.90. The van der Waals surface area contributed by atoms with Gasteiger partial charge in [-0.1, -0.05) is 17.7 Å². The third-order valence-corrected chi connectivity index (χ3v) is 6.50. The predicted octanol–water partition coefficient (Wildman–Crippen LogP) is 5.51. The van der Waals surface area contributed by atoms with Crippen LogP contribution in [0.25, 0.3) is 0 Å². The standard InChI is InChI=1S/C22H29ClF5N3O2/c1-13(12-32)31(10-9-29-2)21(33)30-19(14-3-6-16(7-4-14)22(26,27)28)15-5-8-18(23)17(11-15)20(24)25/h5,8,11-14,16,19-20,29H,3-4,6-7,9-10H2,1-2H3,(H,30,33). The molecule has 0 radical (unpaired) electrons. The zero-order valence-corrected chi connectivity index (χ0v) is 19.2. The van der Waals surface area contributed by atoms with E-state index in [1.165, 1.54) is 23.1 Å². The maximum Gasteiger partial charge on any atom is 0.391 e. The molecular weight excluding hydrogens is 469 g/mol. The molecule has 0 bridgehead atoms. The summed E-state index contributed by atoms with van der Waals surface area (Å²) in [6.07, 6.45) is -6.42. The Hall–Kier alpha value is -1.94. The van der Waals surface area contributed by atoms with E-state index in [9.17, 15) is 31.5 Å². The number of nitrogens with one attached hydrogen (secondary N) is 2. The number of rotatable bonds is 9. The first-order valence-electron chi connectivity index (χ1n) is 10.8. The number of aldehydes is 1. The van der Waals surface area contributed by atoms with E-state index in [0.717, 1.165) is 0 Å². The van der Waals surface area contributed by atoms with Crippen LogP contribution in [-0.4, -0.2) is 49.6 Å². The molecule has 1 aliphatic carbocycles. The number of halogens is 6. The van der Waals surface area contributed by atoms with Crippen LogP contribution in [0.4, 0.5) is 26.7 Å². The van der Waals surface area contributed by atoms with Crippen molar-refractivity contribution in [2.45, 2.75) is 57.3 Å². The van der Waals surface area contributed by atoms with Gasteiger partial charge in [-0.15, -0.1) is 0 Å². The van der Waals surface area contributed by atoms with Gasteiger partial charge in [0.1, 0.15) is 6.29 Å². The van der Waals surface area contributed by atoms with Gasteiger partial charge in [-0.05, 0) is 63.3 Å². The Balaban J connectivity index is 2.34. The van der Waals surface area contributed by atoms with Crippen LogP contribution < -0.4 is 10.6 Å². The number of likely N-dealkylation sites (N-methyl/N-ethyl adjacent to an activating group) is 1. The minimum Gasteiger partial charge on any atom is -0.331 e. The Bertz CT molecular complexity index is 801. The maximum absolute atomic E-state index is 13.4. The highest BCUT2D eigenvalue weighted by Crippen LogP contribution is 2.44. The molecule has 1 aromatic rings. The minimum absolute atomic E-state index is 0.107. The zero-order valence-electron chi connectivity index (χ0n) is 18.5. The number of hydrogen-bond acceptors (Lipinski definition) is 3. The van der Waals surface area contributed by atoms with Gasteiger partial charge >= 0.3 is 12.2 Å². The number of amides is 2. The van der Waals surface area contributed by atoms with E-state index in [1.54, 1.807) is 14.0 Å². The molecule has 1 aromatic carbocycles. The Morgan fingerprint density at radius 2 is 1.88 bits per heavy atom. The van der Waals surface area contributed by atoms with Gasteiger partial charge in [0.25, 0.3) is 6.43 Å². The molecule has 1 saturated carbocycles. The quantitative estimate of drug-likeness (QED) is 0.349. The van der Waals surface area contributed by atoms with E-state index in [4.69, 9.17) is 11.6 Å². The third-order valence-electron chi connectivity index (χ3n) is 6.15. The van der Waals surface area contributed by atoms with Crippen LogP contribution >= 0.6 is 11.6 Å². The Morgan fingerprint density at radius 3 is 2.39 bits per heavy atom. The van der Waals surface area contributed by atoms with Crippen LogP contribution in [-0.2, 0) is 4.79 Å². The van der Waals surface area contributed by atoms with Crippen LogP contribution in [0.2, 0.25) is 5.02 Å². The van der Waals surface area contributed by atoms with Crippen molar-refractivity contribution in [1.29, 1.82) is 0 Å². The molecule has 1 aliphatic rings. The van der Waals surface area contributed by atoms with Crippen molar-refractivity contribution in [1.82, 2.24) is 15.5 Å². The SMILES string of the molecule is CNCCN(C(=O)NC(c1ccc(Cl)c(C(F)F)c1)C1CCC(C(F)(F)F)CC1)C(C)C=O. The molecule has 2 amide bonds. The molecule has 2 rings (SSSR count). The van der Waals surface area contributed by atoms with E-state index in [-0.39, 0.29) is 37.3 Å². The minimum atomic E-state index is -4.30. The van der Waals surface area contributed by atoms with E-state index in [2.05, 4.69) is 10.6 Å². The van der Waals surface area contributed by atoms with Crippen LogP contribution in [0.3, 0.4) is 0 Å². The van der Waals surface area contributed by atoms with Gasteiger partial charge in [0, 0.05) is 23.7 Å². The molecule has 2 unspecified atom stereocenters. The van der Waals surface area contributed by atoms with Crippen LogP contribution in [0.5, 0.6) is 0 Å². The molecule has 0 aromatic heterocycles. The van der Waals surface area contributed by atoms with Gasteiger partial charge in [0.05, 0.1) is 18.0 Å². The van der Waals surface area contributed by atoms with E-state index in [1.807, 2.05) is 0 Å². The van der Waals surface area contributed by atoms with Crippen molar-refractivity contribution in [2.75, 3.05) is 20.1 Å². The van der Waals surface area contributed by atoms with Crippen LogP contribution in [0, 0.1) is 11.8 Å². The highest BCUT2D eigenvalue weighted by molar-refractivity contribution is 6.31. The van der Waals surface area contributed by atoms with E-state index >= 15 is 0 Å². The lowest BCUT2D eigenvalue weighted by Crippen LogP contribution is -2.50. The first kappa shape index (κ1) is 27.3. The molecule has 2 atom stereocenters. The Morgan fingerprint density at radius 1 is 1.24 bits per heavy atom. The average Bonchev–Trinajstić information content (AvgIpc) is 2.77. The normalized spacial score (nSPS) is 20.9. The van der Waals surface area contributed by atoms with Crippen molar-refractivity contribution in [3.63, 3.8) is 0 Å². The fourth-order valence-corrected chi connectivity index (χ4v) is 4.39. The molecule has 186 valence electrons. The lowest BCUT2D eigenvalue weighted by atomic mass is 9.76. The van der Waals surface area contributed by atoms with Gasteiger partial charge < -0.3 is 20.3 Å². The number of hydrogen-bond donors (Lipinski definition) is 2. The number of nitrogens with zero attached hydrogens (tertiary/aromatic N) is 1. The van der Waals surface area contributed by atoms with Gasteiger partial charge in [-0.25, -0.2) is 13.6 Å². The molecule has 2 N–H and O–H groups in total. The maximum atomic E-state index is 13.4. The summed E-state index contributed by atoms with van der Waals surface area (Å²) in [5.74, 6) is -1.81. The van der Waals surface area contributed by atoms with Crippen LogP contribution in [0.15, 0.2) is 18.2 Å². The average molecular weight is 498 g/mol. The van der Waals surface area contributed by atoms with Crippen molar-refractivity contribution < 1.29 is 31.5 Å². The molecule has 11 heteroatoms. The topological polar surface area (TPSA) is 61.4 Å². The summed E-state index contributed by atoms with van der Waals surface area (Å²) in [6, 6.07) is 1.83. The van der Waals surface area contributed by atoms with E-state index < -0.39 is 48.1 Å². The summed E-state index contributed by atoms with van der Waals surface area (Å²) in [6.45, 7) is 2.16. The molecule has 0 aliphatic heterocycles.